The first-order chi connectivity index (χ1) is 7.61. The summed E-state index contributed by atoms with van der Waals surface area (Å²) < 4.78 is 0. The number of Topliss-reactive ketones (excluding diaryl/α,β-unsaturated/α-hetero) is 2. The minimum Gasteiger partial charge on any atom is -0.300 e. The minimum absolute atomic E-state index is 0.0530. The molecule has 0 unspecified atom stereocenters. The van der Waals surface area contributed by atoms with E-state index in [1.165, 1.54) is 0 Å². The molecule has 84 valence electrons. The lowest BCUT2D eigenvalue weighted by molar-refractivity contribution is -0.127. The van der Waals surface area contributed by atoms with Crippen LogP contribution in [0.3, 0.4) is 0 Å². The van der Waals surface area contributed by atoms with E-state index < -0.39 is 0 Å². The first-order valence-corrected chi connectivity index (χ1v) is 5.71. The van der Waals surface area contributed by atoms with E-state index in [-0.39, 0.29) is 23.4 Å². The van der Waals surface area contributed by atoms with Gasteiger partial charge in [-0.15, -0.1) is 0 Å². The second kappa shape index (κ2) is 4.20. The molecule has 2 heteroatoms. The fraction of sp³-hybridized carbons (Fsp3) is 0.429. The van der Waals surface area contributed by atoms with Crippen molar-refractivity contribution in [3.8, 4) is 0 Å². The van der Waals surface area contributed by atoms with Crippen LogP contribution in [0, 0.1) is 17.8 Å². The highest BCUT2D eigenvalue weighted by atomic mass is 16.1. The molecule has 0 radical (unpaired) electrons. The van der Waals surface area contributed by atoms with Gasteiger partial charge in [-0.3, -0.25) is 9.59 Å². The molecule has 0 amide bonds. The lowest BCUT2D eigenvalue weighted by Gasteiger charge is -2.40. The third-order valence-corrected chi connectivity index (χ3v) is 3.56. The largest absolute Gasteiger partial charge is 0.300 e. The molecule has 0 aromatic heterocycles. The number of benzene rings is 1. The van der Waals surface area contributed by atoms with Crippen molar-refractivity contribution in [2.75, 3.05) is 0 Å². The summed E-state index contributed by atoms with van der Waals surface area (Å²) in [5.41, 5.74) is 0.727. The van der Waals surface area contributed by atoms with Gasteiger partial charge in [-0.25, -0.2) is 0 Å². The Bertz CT molecular complexity index is 408. The van der Waals surface area contributed by atoms with Gasteiger partial charge in [0.2, 0.25) is 0 Å². The van der Waals surface area contributed by atoms with Gasteiger partial charge >= 0.3 is 0 Å². The Kier molecular flexibility index (Phi) is 2.90. The van der Waals surface area contributed by atoms with Crippen molar-refractivity contribution in [1.82, 2.24) is 0 Å². The van der Waals surface area contributed by atoms with Gasteiger partial charge in [-0.2, -0.15) is 0 Å². The van der Waals surface area contributed by atoms with Crippen molar-refractivity contribution in [2.45, 2.75) is 20.3 Å². The standard InChI is InChI=1S/C14H16O2/c1-9-8-12(10(2)15)13(9)14(16)11-6-4-3-5-7-11/h3-7,9,12-13H,8H2,1-2H3/t9-,12-,13+/m0/s1. The van der Waals surface area contributed by atoms with Gasteiger partial charge in [0.05, 0.1) is 0 Å². The molecule has 1 saturated carbocycles. The number of ketones is 2. The molecule has 0 heterocycles. The van der Waals surface area contributed by atoms with Gasteiger partial charge in [-0.1, -0.05) is 37.3 Å². The van der Waals surface area contributed by atoms with Crippen LogP contribution in [0.4, 0.5) is 0 Å². The lowest BCUT2D eigenvalue weighted by atomic mass is 9.61. The average molecular weight is 216 g/mol. The van der Waals surface area contributed by atoms with Crippen LogP contribution < -0.4 is 0 Å². The normalized spacial score (nSPS) is 28.2. The van der Waals surface area contributed by atoms with Crippen LogP contribution in [-0.2, 0) is 4.79 Å². The van der Waals surface area contributed by atoms with Crippen LogP contribution in [0.5, 0.6) is 0 Å². The maximum atomic E-state index is 12.2. The molecule has 1 aromatic rings. The highest BCUT2D eigenvalue weighted by molar-refractivity contribution is 6.01. The molecular weight excluding hydrogens is 200 g/mol. The van der Waals surface area contributed by atoms with Crippen LogP contribution in [-0.4, -0.2) is 11.6 Å². The Balaban J connectivity index is 2.19. The zero-order valence-electron chi connectivity index (χ0n) is 9.64. The number of carbonyl (C=O) groups excluding carboxylic acids is 2. The van der Waals surface area contributed by atoms with Crippen LogP contribution >= 0.6 is 0 Å². The molecule has 1 fully saturated rings. The average Bonchev–Trinajstić information content (AvgIpc) is 2.26. The Morgan fingerprint density at radius 3 is 2.31 bits per heavy atom. The predicted octanol–water partition coefficient (Wildman–Crippen LogP) is 2.73. The van der Waals surface area contributed by atoms with Crippen molar-refractivity contribution in [3.05, 3.63) is 35.9 Å². The SMILES string of the molecule is CC(=O)[C@@H]1C[C@H](C)[C@H]1C(=O)c1ccccc1. The van der Waals surface area contributed by atoms with Crippen molar-refractivity contribution in [1.29, 1.82) is 0 Å². The summed E-state index contributed by atoms with van der Waals surface area (Å²) in [7, 11) is 0. The number of hydrogen-bond donors (Lipinski definition) is 0. The van der Waals surface area contributed by atoms with Crippen molar-refractivity contribution in [2.24, 2.45) is 17.8 Å². The van der Waals surface area contributed by atoms with Crippen molar-refractivity contribution >= 4 is 11.6 Å². The molecule has 0 bridgehead atoms. The Labute approximate surface area is 95.7 Å². The maximum absolute atomic E-state index is 12.2. The Morgan fingerprint density at radius 1 is 1.19 bits per heavy atom. The van der Waals surface area contributed by atoms with E-state index in [0.29, 0.717) is 5.92 Å². The molecule has 1 aliphatic rings. The van der Waals surface area contributed by atoms with Gasteiger partial charge in [0.15, 0.2) is 5.78 Å². The zero-order chi connectivity index (χ0) is 11.7. The second-order valence-electron chi connectivity index (χ2n) is 4.69. The number of rotatable bonds is 3. The van der Waals surface area contributed by atoms with Gasteiger partial charge in [0.25, 0.3) is 0 Å². The van der Waals surface area contributed by atoms with E-state index in [1.54, 1.807) is 6.92 Å². The van der Waals surface area contributed by atoms with Crippen LogP contribution in [0.2, 0.25) is 0 Å². The highest BCUT2D eigenvalue weighted by Crippen LogP contribution is 2.42. The summed E-state index contributed by atoms with van der Waals surface area (Å²) in [5, 5.41) is 0. The van der Waals surface area contributed by atoms with Gasteiger partial charge in [0.1, 0.15) is 5.78 Å². The lowest BCUT2D eigenvalue weighted by Crippen LogP contribution is -2.44. The van der Waals surface area contributed by atoms with Crippen molar-refractivity contribution < 1.29 is 9.59 Å². The fourth-order valence-corrected chi connectivity index (χ4v) is 2.55. The summed E-state index contributed by atoms with van der Waals surface area (Å²) in [4.78, 5) is 23.6. The summed E-state index contributed by atoms with van der Waals surface area (Å²) >= 11 is 0. The third-order valence-electron chi connectivity index (χ3n) is 3.56. The first kappa shape index (κ1) is 11.1. The van der Waals surface area contributed by atoms with Gasteiger partial charge in [0, 0.05) is 17.4 Å². The molecule has 16 heavy (non-hydrogen) atoms. The van der Waals surface area contributed by atoms with E-state index >= 15 is 0 Å². The molecular formula is C14H16O2. The molecule has 2 nitrogen and oxygen atoms in total. The van der Waals surface area contributed by atoms with E-state index in [9.17, 15) is 9.59 Å². The summed E-state index contributed by atoms with van der Waals surface area (Å²) in [5.74, 6) is 0.455. The molecule has 1 aromatic carbocycles. The summed E-state index contributed by atoms with van der Waals surface area (Å²) in [6.07, 6.45) is 0.860. The minimum atomic E-state index is -0.0973. The van der Waals surface area contributed by atoms with Crippen molar-refractivity contribution in [3.63, 3.8) is 0 Å². The molecule has 0 aliphatic heterocycles. The third kappa shape index (κ3) is 1.80. The molecule has 0 N–H and O–H groups in total. The topological polar surface area (TPSA) is 34.1 Å². The maximum Gasteiger partial charge on any atom is 0.166 e. The molecule has 0 spiro atoms. The Hall–Kier alpha value is -1.44. The van der Waals surface area contributed by atoms with Crippen LogP contribution in [0.25, 0.3) is 0 Å². The molecule has 2 rings (SSSR count). The predicted molar refractivity (Wildman–Crippen MR) is 62.2 cm³/mol. The van der Waals surface area contributed by atoms with Gasteiger partial charge < -0.3 is 0 Å². The smallest absolute Gasteiger partial charge is 0.166 e. The van der Waals surface area contributed by atoms with E-state index in [4.69, 9.17) is 0 Å². The molecule has 3 atom stereocenters. The zero-order valence-corrected chi connectivity index (χ0v) is 9.64. The van der Waals surface area contributed by atoms with E-state index in [2.05, 4.69) is 0 Å². The quantitative estimate of drug-likeness (QED) is 0.728. The Morgan fingerprint density at radius 2 is 1.81 bits per heavy atom. The molecule has 0 saturated heterocycles. The second-order valence-corrected chi connectivity index (χ2v) is 4.69. The van der Waals surface area contributed by atoms with E-state index in [1.807, 2.05) is 37.3 Å². The summed E-state index contributed by atoms with van der Waals surface area (Å²) in [6.45, 7) is 3.63. The van der Waals surface area contributed by atoms with E-state index in [0.717, 1.165) is 12.0 Å². The number of hydrogen-bond acceptors (Lipinski definition) is 2. The van der Waals surface area contributed by atoms with Crippen LogP contribution in [0.15, 0.2) is 30.3 Å². The monoisotopic (exact) mass is 216 g/mol. The number of carbonyl (C=O) groups is 2. The highest BCUT2D eigenvalue weighted by Gasteiger charge is 2.45. The summed E-state index contributed by atoms with van der Waals surface area (Å²) in [6, 6.07) is 9.26. The first-order valence-electron chi connectivity index (χ1n) is 5.71. The van der Waals surface area contributed by atoms with Gasteiger partial charge in [-0.05, 0) is 19.3 Å². The fourth-order valence-electron chi connectivity index (χ4n) is 2.55. The molecule has 1 aliphatic carbocycles. The van der Waals surface area contributed by atoms with Crippen LogP contribution in [0.1, 0.15) is 30.6 Å².